The summed E-state index contributed by atoms with van der Waals surface area (Å²) in [5.41, 5.74) is -3.21. The van der Waals surface area contributed by atoms with Gasteiger partial charge in [0.2, 0.25) is 0 Å². The largest absolute Gasteiger partial charge is 0.506 e. The van der Waals surface area contributed by atoms with E-state index in [9.17, 15) is 22.0 Å². The average molecular weight is 306 g/mol. The van der Waals surface area contributed by atoms with Crippen LogP contribution in [0.2, 0.25) is 0 Å². The van der Waals surface area contributed by atoms with Gasteiger partial charge in [-0.15, -0.1) is 0 Å². The lowest BCUT2D eigenvalue weighted by Crippen LogP contribution is -2.13. The fourth-order valence-corrected chi connectivity index (χ4v) is 1.75. The first-order valence-corrected chi connectivity index (χ1v) is 5.03. The van der Waals surface area contributed by atoms with E-state index >= 15 is 0 Å². The quantitative estimate of drug-likeness (QED) is 0.668. The summed E-state index contributed by atoms with van der Waals surface area (Å²) in [5.74, 6) is -0.947. The van der Waals surface area contributed by atoms with Crippen LogP contribution in [-0.4, -0.2) is 10.1 Å². The van der Waals surface area contributed by atoms with E-state index in [1.54, 1.807) is 0 Å². The fourth-order valence-electron chi connectivity index (χ4n) is 1.18. The Morgan fingerprint density at radius 3 is 2.31 bits per heavy atom. The number of aromatic nitrogens is 1. The Kier molecular flexibility index (Phi) is 3.72. The molecule has 8 heteroatoms. The summed E-state index contributed by atoms with van der Waals surface area (Å²) in [6, 6.07) is 0. The van der Waals surface area contributed by atoms with E-state index in [1.165, 1.54) is 0 Å². The highest BCUT2D eigenvalue weighted by Crippen LogP contribution is 2.39. The number of hydrogen-bond acceptors (Lipinski definition) is 2. The predicted molar refractivity (Wildman–Crippen MR) is 48.5 cm³/mol. The Morgan fingerprint density at radius 2 is 1.94 bits per heavy atom. The van der Waals surface area contributed by atoms with Crippen molar-refractivity contribution in [2.75, 3.05) is 0 Å². The summed E-state index contributed by atoms with van der Waals surface area (Å²) in [7, 11) is 0. The van der Waals surface area contributed by atoms with Crippen molar-refractivity contribution in [2.24, 2.45) is 0 Å². The normalized spacial score (nSPS) is 12.2. The van der Waals surface area contributed by atoms with E-state index < -0.39 is 40.5 Å². The van der Waals surface area contributed by atoms with Crippen LogP contribution >= 0.6 is 15.9 Å². The minimum Gasteiger partial charge on any atom is -0.506 e. The molecule has 0 aromatic carbocycles. The number of halogens is 6. The summed E-state index contributed by atoms with van der Waals surface area (Å²) in [6.07, 6.45) is -7.66. The van der Waals surface area contributed by atoms with Gasteiger partial charge in [-0.2, -0.15) is 13.2 Å². The number of rotatable bonds is 2. The van der Waals surface area contributed by atoms with Gasteiger partial charge in [0.05, 0.1) is 11.8 Å². The number of hydrogen-bond donors (Lipinski definition) is 1. The average Bonchev–Trinajstić information content (AvgIpc) is 2.14. The second kappa shape index (κ2) is 4.52. The molecule has 0 saturated carbocycles. The third-order valence-corrected chi connectivity index (χ3v) is 2.38. The van der Waals surface area contributed by atoms with Gasteiger partial charge in [-0.05, 0) is 0 Å². The van der Waals surface area contributed by atoms with Gasteiger partial charge < -0.3 is 5.11 Å². The molecule has 0 aliphatic carbocycles. The molecule has 0 spiro atoms. The number of alkyl halides is 6. The van der Waals surface area contributed by atoms with Crippen LogP contribution in [0.15, 0.2) is 6.20 Å². The van der Waals surface area contributed by atoms with Crippen LogP contribution in [0.5, 0.6) is 5.75 Å². The van der Waals surface area contributed by atoms with Gasteiger partial charge in [-0.1, -0.05) is 15.9 Å². The summed E-state index contributed by atoms with van der Waals surface area (Å²) in [4.78, 5) is 2.93. The molecule has 1 aromatic rings. The topological polar surface area (TPSA) is 33.1 Å². The number of pyridine rings is 1. The Morgan fingerprint density at radius 1 is 1.38 bits per heavy atom. The molecule has 1 rings (SSSR count). The summed E-state index contributed by atoms with van der Waals surface area (Å²) in [6.45, 7) is 0. The Bertz CT molecular complexity index is 393. The van der Waals surface area contributed by atoms with Crippen molar-refractivity contribution in [3.05, 3.63) is 23.0 Å². The zero-order valence-electron chi connectivity index (χ0n) is 7.52. The maximum Gasteiger partial charge on any atom is 0.433 e. The molecule has 0 unspecified atom stereocenters. The molecule has 0 radical (unpaired) electrons. The van der Waals surface area contributed by atoms with Crippen LogP contribution < -0.4 is 0 Å². The van der Waals surface area contributed by atoms with Gasteiger partial charge in [0.1, 0.15) is 11.4 Å². The zero-order valence-corrected chi connectivity index (χ0v) is 9.11. The van der Waals surface area contributed by atoms with Crippen molar-refractivity contribution in [1.82, 2.24) is 4.98 Å². The fraction of sp³-hybridized carbons (Fsp3) is 0.375. The third kappa shape index (κ3) is 2.42. The second-order valence-corrected chi connectivity index (χ2v) is 3.38. The molecular weight excluding hydrogens is 301 g/mol. The third-order valence-electron chi connectivity index (χ3n) is 1.82. The predicted octanol–water partition coefficient (Wildman–Crippen LogP) is 3.64. The van der Waals surface area contributed by atoms with E-state index in [0.29, 0.717) is 6.20 Å². The lowest BCUT2D eigenvalue weighted by atomic mass is 10.1. The number of aromatic hydroxyl groups is 1. The maximum atomic E-state index is 12.5. The highest BCUT2D eigenvalue weighted by atomic mass is 79.9. The lowest BCUT2D eigenvalue weighted by molar-refractivity contribution is -0.141. The van der Waals surface area contributed by atoms with Gasteiger partial charge in [0, 0.05) is 10.9 Å². The van der Waals surface area contributed by atoms with Crippen molar-refractivity contribution in [1.29, 1.82) is 0 Å². The molecule has 0 amide bonds. The minimum absolute atomic E-state index is 0.372. The van der Waals surface area contributed by atoms with Gasteiger partial charge in [-0.3, -0.25) is 0 Å². The first-order valence-electron chi connectivity index (χ1n) is 3.91. The first kappa shape index (κ1) is 13.1. The first-order chi connectivity index (χ1) is 7.29. The number of nitrogens with zero attached hydrogens (tertiary/aromatic N) is 1. The van der Waals surface area contributed by atoms with Crippen molar-refractivity contribution in [3.8, 4) is 5.75 Å². The van der Waals surface area contributed by atoms with E-state index in [0.717, 1.165) is 0 Å². The monoisotopic (exact) mass is 305 g/mol. The Balaban J connectivity index is 3.49. The molecule has 16 heavy (non-hydrogen) atoms. The molecule has 0 bridgehead atoms. The van der Waals surface area contributed by atoms with Crippen LogP contribution in [0.3, 0.4) is 0 Å². The molecule has 1 aromatic heterocycles. The second-order valence-electron chi connectivity index (χ2n) is 2.82. The van der Waals surface area contributed by atoms with E-state index in [2.05, 4.69) is 20.9 Å². The van der Waals surface area contributed by atoms with Crippen molar-refractivity contribution >= 4 is 15.9 Å². The zero-order chi connectivity index (χ0) is 12.5. The van der Waals surface area contributed by atoms with E-state index in [-0.39, 0.29) is 0 Å². The van der Waals surface area contributed by atoms with Crippen molar-refractivity contribution < 1.29 is 27.1 Å². The Labute approximate surface area is 95.2 Å². The van der Waals surface area contributed by atoms with Gasteiger partial charge in [0.25, 0.3) is 6.43 Å². The molecule has 0 aliphatic rings. The molecule has 1 N–H and O–H groups in total. The summed E-state index contributed by atoms with van der Waals surface area (Å²) < 4.78 is 62.1. The van der Waals surface area contributed by atoms with Crippen LogP contribution in [-0.2, 0) is 11.5 Å². The molecule has 90 valence electrons. The summed E-state index contributed by atoms with van der Waals surface area (Å²) in [5, 5.41) is 8.58. The van der Waals surface area contributed by atoms with Crippen molar-refractivity contribution in [3.63, 3.8) is 0 Å². The van der Waals surface area contributed by atoms with Gasteiger partial charge >= 0.3 is 6.18 Å². The standard InChI is InChI=1S/C8H5BrF5NO/c9-1-3-5(7(10)11)4(16)2-15-6(3)8(12,13)14/h2,7,16H,1H2. The molecule has 0 saturated heterocycles. The van der Waals surface area contributed by atoms with Gasteiger partial charge in [-0.25, -0.2) is 13.8 Å². The van der Waals surface area contributed by atoms with Crippen LogP contribution in [0.25, 0.3) is 0 Å². The highest BCUT2D eigenvalue weighted by molar-refractivity contribution is 9.08. The van der Waals surface area contributed by atoms with Crippen LogP contribution in [0.1, 0.15) is 23.2 Å². The van der Waals surface area contributed by atoms with Crippen LogP contribution in [0, 0.1) is 0 Å². The molecule has 0 fully saturated rings. The molecule has 1 heterocycles. The van der Waals surface area contributed by atoms with Crippen molar-refractivity contribution in [2.45, 2.75) is 17.9 Å². The minimum atomic E-state index is -4.83. The Hall–Kier alpha value is -0.920. The van der Waals surface area contributed by atoms with E-state index in [4.69, 9.17) is 5.11 Å². The van der Waals surface area contributed by atoms with Crippen LogP contribution in [0.4, 0.5) is 22.0 Å². The van der Waals surface area contributed by atoms with Gasteiger partial charge in [0.15, 0.2) is 0 Å². The molecule has 0 aliphatic heterocycles. The smallest absolute Gasteiger partial charge is 0.433 e. The highest BCUT2D eigenvalue weighted by Gasteiger charge is 2.38. The van der Waals surface area contributed by atoms with E-state index in [1.807, 2.05) is 0 Å². The summed E-state index contributed by atoms with van der Waals surface area (Å²) >= 11 is 2.67. The molecule has 0 atom stereocenters. The molecule has 2 nitrogen and oxygen atoms in total. The maximum absolute atomic E-state index is 12.5. The lowest BCUT2D eigenvalue weighted by Gasteiger charge is -2.14. The SMILES string of the molecule is Oc1cnc(C(F)(F)F)c(CBr)c1C(F)F. The molecular formula is C8H5BrF5NO.